The quantitative estimate of drug-likeness (QED) is 0.373. The van der Waals surface area contributed by atoms with Crippen molar-refractivity contribution in [2.24, 2.45) is 7.05 Å². The van der Waals surface area contributed by atoms with E-state index in [1.807, 2.05) is 54.6 Å². The molecule has 1 aliphatic carbocycles. The molecule has 3 N–H and O–H groups in total. The number of furan rings is 1. The molecular formula is C28H27N5O5. The van der Waals surface area contributed by atoms with E-state index >= 15 is 0 Å². The van der Waals surface area contributed by atoms with Crippen molar-refractivity contribution in [2.45, 2.75) is 24.8 Å². The molecule has 1 saturated heterocycles. The molecule has 2 aromatic heterocycles. The Morgan fingerprint density at radius 3 is 2.45 bits per heavy atom. The third-order valence-electron chi connectivity index (χ3n) is 7.55. The Morgan fingerprint density at radius 1 is 1.08 bits per heavy atom. The molecular weight excluding hydrogens is 486 g/mol. The molecule has 0 bridgehead atoms. The minimum atomic E-state index is -1.04. The normalized spacial score (nSPS) is 16.7. The van der Waals surface area contributed by atoms with Crippen LogP contribution in [-0.2, 0) is 17.4 Å². The zero-order chi connectivity index (χ0) is 26.4. The number of fused-ring (bicyclic) bond motifs is 1. The standard InChI is InChI=1S/C28H27N5O5/c1-32-25(35)22-21(17-6-3-2-4-7-17)23(38-24(22)30-26(32)33-15-14-29-20(34)16-33)18-8-10-19(11-9-18)28(12-5-13-28)31-27(36)37/h2-4,6-11,31H,5,12-16H2,1H3,(H,29,34)(H,36,37). The molecule has 2 fully saturated rings. The van der Waals surface area contributed by atoms with Gasteiger partial charge in [0.05, 0.1) is 12.1 Å². The van der Waals surface area contributed by atoms with Crippen molar-refractivity contribution < 1.29 is 19.1 Å². The van der Waals surface area contributed by atoms with Crippen LogP contribution in [0.4, 0.5) is 10.7 Å². The van der Waals surface area contributed by atoms with Gasteiger partial charge in [-0.1, -0.05) is 54.6 Å². The number of hydrogen-bond acceptors (Lipinski definition) is 6. The third kappa shape index (κ3) is 3.89. The lowest BCUT2D eigenvalue weighted by Crippen LogP contribution is -2.50. The van der Waals surface area contributed by atoms with Gasteiger partial charge in [-0.25, -0.2) is 4.79 Å². The average Bonchev–Trinajstić information content (AvgIpc) is 3.28. The molecule has 10 nitrogen and oxygen atoms in total. The van der Waals surface area contributed by atoms with Gasteiger partial charge in [-0.3, -0.25) is 14.2 Å². The van der Waals surface area contributed by atoms with Gasteiger partial charge in [-0.2, -0.15) is 4.98 Å². The van der Waals surface area contributed by atoms with E-state index in [0.717, 1.165) is 36.0 Å². The van der Waals surface area contributed by atoms with Crippen molar-refractivity contribution in [3.8, 4) is 22.5 Å². The number of piperazine rings is 1. The number of rotatable bonds is 5. The number of amides is 2. The molecule has 1 aliphatic heterocycles. The van der Waals surface area contributed by atoms with E-state index < -0.39 is 11.6 Å². The van der Waals surface area contributed by atoms with E-state index in [1.54, 1.807) is 11.9 Å². The number of carboxylic acid groups (broad SMARTS) is 1. The smallest absolute Gasteiger partial charge is 0.405 e. The number of nitrogens with zero attached hydrogens (tertiary/aromatic N) is 3. The third-order valence-corrected chi connectivity index (χ3v) is 7.55. The van der Waals surface area contributed by atoms with Gasteiger partial charge in [-0.05, 0) is 30.4 Å². The summed E-state index contributed by atoms with van der Waals surface area (Å²) in [7, 11) is 1.65. The summed E-state index contributed by atoms with van der Waals surface area (Å²) >= 11 is 0. The van der Waals surface area contributed by atoms with Crippen LogP contribution in [0.15, 0.2) is 63.8 Å². The number of carbonyl (C=O) groups excluding carboxylic acids is 1. The first kappa shape index (κ1) is 23.8. The summed E-state index contributed by atoms with van der Waals surface area (Å²) in [6.45, 7) is 1.11. The molecule has 1 saturated carbocycles. The molecule has 2 aromatic carbocycles. The Bertz CT molecular complexity index is 1600. The van der Waals surface area contributed by atoms with Crippen molar-refractivity contribution in [1.29, 1.82) is 0 Å². The van der Waals surface area contributed by atoms with E-state index in [2.05, 4.69) is 10.6 Å². The van der Waals surface area contributed by atoms with Crippen LogP contribution in [0.25, 0.3) is 33.6 Å². The maximum absolute atomic E-state index is 13.7. The van der Waals surface area contributed by atoms with Gasteiger partial charge in [0, 0.05) is 31.3 Å². The van der Waals surface area contributed by atoms with E-state index in [1.165, 1.54) is 4.57 Å². The van der Waals surface area contributed by atoms with Crippen LogP contribution < -0.4 is 21.1 Å². The summed E-state index contributed by atoms with van der Waals surface area (Å²) in [6.07, 6.45) is 1.41. The summed E-state index contributed by atoms with van der Waals surface area (Å²) in [4.78, 5) is 43.6. The van der Waals surface area contributed by atoms with E-state index in [-0.39, 0.29) is 23.7 Å². The highest BCUT2D eigenvalue weighted by Crippen LogP contribution is 2.43. The lowest BCUT2D eigenvalue weighted by molar-refractivity contribution is -0.120. The van der Waals surface area contributed by atoms with Gasteiger partial charge in [-0.15, -0.1) is 0 Å². The molecule has 6 rings (SSSR count). The summed E-state index contributed by atoms with van der Waals surface area (Å²) in [5.41, 5.74) is 2.47. The van der Waals surface area contributed by atoms with Crippen molar-refractivity contribution >= 4 is 29.0 Å². The van der Waals surface area contributed by atoms with Crippen LogP contribution in [0.1, 0.15) is 24.8 Å². The van der Waals surface area contributed by atoms with Gasteiger partial charge in [0.2, 0.25) is 17.6 Å². The fraction of sp³-hybridized carbons (Fsp3) is 0.286. The second-order valence-corrected chi connectivity index (χ2v) is 9.84. The highest BCUT2D eigenvalue weighted by molar-refractivity contribution is 6.00. The fourth-order valence-corrected chi connectivity index (χ4v) is 5.46. The Labute approximate surface area is 217 Å². The van der Waals surface area contributed by atoms with Crippen molar-refractivity contribution in [3.63, 3.8) is 0 Å². The summed E-state index contributed by atoms with van der Waals surface area (Å²) < 4.78 is 7.77. The van der Waals surface area contributed by atoms with Gasteiger partial charge < -0.3 is 25.1 Å². The topological polar surface area (TPSA) is 130 Å². The number of anilines is 1. The number of aromatic nitrogens is 2. The molecule has 2 aliphatic rings. The molecule has 0 radical (unpaired) electrons. The maximum Gasteiger partial charge on any atom is 0.405 e. The zero-order valence-corrected chi connectivity index (χ0v) is 20.9. The minimum Gasteiger partial charge on any atom is -0.465 e. The molecule has 4 aromatic rings. The zero-order valence-electron chi connectivity index (χ0n) is 20.9. The Balaban J connectivity index is 1.50. The van der Waals surface area contributed by atoms with Crippen LogP contribution >= 0.6 is 0 Å². The lowest BCUT2D eigenvalue weighted by atomic mass is 9.72. The van der Waals surface area contributed by atoms with E-state index in [0.29, 0.717) is 35.7 Å². The minimum absolute atomic E-state index is 0.110. The van der Waals surface area contributed by atoms with Gasteiger partial charge >= 0.3 is 6.09 Å². The van der Waals surface area contributed by atoms with Crippen LogP contribution in [-0.4, -0.2) is 46.3 Å². The van der Waals surface area contributed by atoms with Crippen molar-refractivity contribution in [1.82, 2.24) is 20.2 Å². The monoisotopic (exact) mass is 513 g/mol. The van der Waals surface area contributed by atoms with Crippen LogP contribution in [0.2, 0.25) is 0 Å². The fourth-order valence-electron chi connectivity index (χ4n) is 5.46. The van der Waals surface area contributed by atoms with Gasteiger partial charge in [0.1, 0.15) is 11.1 Å². The Morgan fingerprint density at radius 2 is 1.82 bits per heavy atom. The van der Waals surface area contributed by atoms with Crippen LogP contribution in [0.3, 0.4) is 0 Å². The number of nitrogens with one attached hydrogen (secondary N) is 2. The highest BCUT2D eigenvalue weighted by Gasteiger charge is 2.40. The largest absolute Gasteiger partial charge is 0.465 e. The second kappa shape index (κ2) is 9.05. The number of carbonyl (C=O) groups is 2. The van der Waals surface area contributed by atoms with E-state index in [4.69, 9.17) is 9.40 Å². The average molecular weight is 514 g/mol. The number of hydrogen-bond donors (Lipinski definition) is 3. The SMILES string of the molecule is Cn1c(N2CCNC(=O)C2)nc2oc(-c3ccc(C4(NC(=O)O)CCC4)cc3)c(-c3ccccc3)c2c1=O. The molecule has 3 heterocycles. The molecule has 0 spiro atoms. The molecule has 0 unspecified atom stereocenters. The Kier molecular flexibility index (Phi) is 5.67. The van der Waals surface area contributed by atoms with Gasteiger partial charge in [0.15, 0.2) is 0 Å². The predicted molar refractivity (Wildman–Crippen MR) is 142 cm³/mol. The summed E-state index contributed by atoms with van der Waals surface area (Å²) in [5, 5.41) is 15.2. The second-order valence-electron chi connectivity index (χ2n) is 9.84. The van der Waals surface area contributed by atoms with E-state index in [9.17, 15) is 19.5 Å². The summed E-state index contributed by atoms with van der Waals surface area (Å²) in [6, 6.07) is 17.2. The first-order valence-corrected chi connectivity index (χ1v) is 12.6. The van der Waals surface area contributed by atoms with Crippen LogP contribution in [0, 0.1) is 0 Å². The highest BCUT2D eigenvalue weighted by atomic mass is 16.4. The lowest BCUT2D eigenvalue weighted by Gasteiger charge is -2.42. The number of benzene rings is 2. The van der Waals surface area contributed by atoms with Crippen LogP contribution in [0.5, 0.6) is 0 Å². The maximum atomic E-state index is 13.7. The first-order chi connectivity index (χ1) is 18.4. The predicted octanol–water partition coefficient (Wildman–Crippen LogP) is 3.44. The molecule has 10 heteroatoms. The first-order valence-electron chi connectivity index (χ1n) is 12.6. The van der Waals surface area contributed by atoms with Crippen molar-refractivity contribution in [3.05, 3.63) is 70.5 Å². The molecule has 0 atom stereocenters. The molecule has 194 valence electrons. The molecule has 38 heavy (non-hydrogen) atoms. The molecule has 2 amide bonds. The van der Waals surface area contributed by atoms with Crippen molar-refractivity contribution in [2.75, 3.05) is 24.5 Å². The summed E-state index contributed by atoms with van der Waals surface area (Å²) in [5.74, 6) is 0.751. The van der Waals surface area contributed by atoms with Gasteiger partial charge in [0.25, 0.3) is 5.56 Å². The Hall–Kier alpha value is -4.60.